The number of benzene rings is 2. The SMILES string of the molecule is Nc1cccc(Br)c1OCC(=O)Nc1ccccc1. The quantitative estimate of drug-likeness (QED) is 0.851. The van der Waals surface area contributed by atoms with Crippen molar-refractivity contribution in [3.63, 3.8) is 0 Å². The molecular formula is C14H13BrN2O2. The Balaban J connectivity index is 1.94. The molecule has 3 N–H and O–H groups in total. The lowest BCUT2D eigenvalue weighted by molar-refractivity contribution is -0.118. The van der Waals surface area contributed by atoms with Gasteiger partial charge in [-0.1, -0.05) is 24.3 Å². The highest BCUT2D eigenvalue weighted by Crippen LogP contribution is 2.30. The van der Waals surface area contributed by atoms with Crippen molar-refractivity contribution in [3.8, 4) is 5.75 Å². The fourth-order valence-electron chi connectivity index (χ4n) is 1.53. The maximum Gasteiger partial charge on any atom is 0.262 e. The zero-order chi connectivity index (χ0) is 13.7. The van der Waals surface area contributed by atoms with Gasteiger partial charge < -0.3 is 15.8 Å². The van der Waals surface area contributed by atoms with Gasteiger partial charge in [-0.05, 0) is 40.2 Å². The molecule has 2 rings (SSSR count). The monoisotopic (exact) mass is 320 g/mol. The highest BCUT2D eigenvalue weighted by Gasteiger charge is 2.08. The van der Waals surface area contributed by atoms with Gasteiger partial charge in [-0.25, -0.2) is 0 Å². The smallest absolute Gasteiger partial charge is 0.262 e. The number of rotatable bonds is 4. The standard InChI is InChI=1S/C14H13BrN2O2/c15-11-7-4-8-12(16)14(11)19-9-13(18)17-10-5-2-1-3-6-10/h1-8H,9,16H2,(H,17,18). The highest BCUT2D eigenvalue weighted by atomic mass is 79.9. The van der Waals surface area contributed by atoms with Crippen molar-refractivity contribution in [1.82, 2.24) is 0 Å². The number of amides is 1. The van der Waals surface area contributed by atoms with Crippen molar-refractivity contribution in [2.75, 3.05) is 17.7 Å². The largest absolute Gasteiger partial charge is 0.480 e. The molecule has 0 spiro atoms. The Hall–Kier alpha value is -2.01. The van der Waals surface area contributed by atoms with E-state index in [0.29, 0.717) is 11.4 Å². The second-order valence-electron chi connectivity index (χ2n) is 3.86. The van der Waals surface area contributed by atoms with Crippen LogP contribution in [0.15, 0.2) is 53.0 Å². The maximum absolute atomic E-state index is 11.7. The summed E-state index contributed by atoms with van der Waals surface area (Å²) in [4.78, 5) is 11.7. The zero-order valence-corrected chi connectivity index (χ0v) is 11.7. The van der Waals surface area contributed by atoms with E-state index in [-0.39, 0.29) is 12.5 Å². The first-order valence-electron chi connectivity index (χ1n) is 5.68. The van der Waals surface area contributed by atoms with E-state index in [1.54, 1.807) is 18.2 Å². The van der Waals surface area contributed by atoms with E-state index in [9.17, 15) is 4.79 Å². The molecule has 0 radical (unpaired) electrons. The van der Waals surface area contributed by atoms with E-state index in [2.05, 4.69) is 21.2 Å². The minimum Gasteiger partial charge on any atom is -0.480 e. The Kier molecular flexibility index (Phi) is 4.41. The van der Waals surface area contributed by atoms with Gasteiger partial charge in [0.15, 0.2) is 12.4 Å². The number of hydrogen-bond acceptors (Lipinski definition) is 3. The molecule has 0 aromatic heterocycles. The normalized spacial score (nSPS) is 9.95. The Morgan fingerprint density at radius 1 is 1.16 bits per heavy atom. The Labute approximate surface area is 119 Å². The number of nitrogen functional groups attached to an aromatic ring is 1. The lowest BCUT2D eigenvalue weighted by atomic mass is 10.3. The molecule has 0 unspecified atom stereocenters. The van der Waals surface area contributed by atoms with Crippen LogP contribution >= 0.6 is 15.9 Å². The molecule has 2 aromatic rings. The minimum atomic E-state index is -0.235. The summed E-state index contributed by atoms with van der Waals surface area (Å²) in [5, 5.41) is 2.73. The summed E-state index contributed by atoms with van der Waals surface area (Å²) in [6.07, 6.45) is 0. The zero-order valence-electron chi connectivity index (χ0n) is 10.1. The molecular weight excluding hydrogens is 308 g/mol. The molecule has 0 saturated carbocycles. The van der Waals surface area contributed by atoms with Gasteiger partial charge in [0.2, 0.25) is 0 Å². The number of ether oxygens (including phenoxy) is 1. The number of halogens is 1. The van der Waals surface area contributed by atoms with Crippen molar-refractivity contribution in [3.05, 3.63) is 53.0 Å². The predicted octanol–water partition coefficient (Wildman–Crippen LogP) is 3.05. The number of nitrogens with two attached hydrogens (primary N) is 1. The summed E-state index contributed by atoms with van der Waals surface area (Å²) in [5.74, 6) is 0.243. The summed E-state index contributed by atoms with van der Waals surface area (Å²) in [6, 6.07) is 14.5. The minimum absolute atomic E-state index is 0.0955. The number of anilines is 2. The molecule has 0 saturated heterocycles. The number of para-hydroxylation sites is 2. The van der Waals surface area contributed by atoms with E-state index in [0.717, 1.165) is 10.2 Å². The average molecular weight is 321 g/mol. The molecule has 19 heavy (non-hydrogen) atoms. The summed E-state index contributed by atoms with van der Waals surface area (Å²) in [5.41, 5.74) is 6.99. The van der Waals surface area contributed by atoms with Crippen molar-refractivity contribution < 1.29 is 9.53 Å². The van der Waals surface area contributed by atoms with Crippen LogP contribution in [0.1, 0.15) is 0 Å². The number of nitrogens with one attached hydrogen (secondary N) is 1. The molecule has 98 valence electrons. The third kappa shape index (κ3) is 3.72. The fraction of sp³-hybridized carbons (Fsp3) is 0.0714. The summed E-state index contributed by atoms with van der Waals surface area (Å²) in [7, 11) is 0. The molecule has 2 aromatic carbocycles. The molecule has 0 aliphatic heterocycles. The lowest BCUT2D eigenvalue weighted by Crippen LogP contribution is -2.20. The first-order valence-corrected chi connectivity index (χ1v) is 6.48. The second-order valence-corrected chi connectivity index (χ2v) is 4.72. The fourth-order valence-corrected chi connectivity index (χ4v) is 2.03. The van der Waals surface area contributed by atoms with Gasteiger partial charge in [-0.15, -0.1) is 0 Å². The maximum atomic E-state index is 11.7. The Morgan fingerprint density at radius 3 is 2.58 bits per heavy atom. The van der Waals surface area contributed by atoms with Gasteiger partial charge in [0, 0.05) is 5.69 Å². The van der Waals surface area contributed by atoms with Crippen molar-refractivity contribution in [2.24, 2.45) is 0 Å². The predicted molar refractivity (Wildman–Crippen MR) is 79.1 cm³/mol. The molecule has 5 heteroatoms. The second kappa shape index (κ2) is 6.24. The van der Waals surface area contributed by atoms with Crippen LogP contribution in [0.2, 0.25) is 0 Å². The van der Waals surface area contributed by atoms with Crippen molar-refractivity contribution >= 4 is 33.2 Å². The van der Waals surface area contributed by atoms with Gasteiger partial charge in [-0.3, -0.25) is 4.79 Å². The topological polar surface area (TPSA) is 64.3 Å². The number of hydrogen-bond donors (Lipinski definition) is 2. The van der Waals surface area contributed by atoms with Gasteiger partial charge in [0.25, 0.3) is 5.91 Å². The molecule has 1 amide bonds. The van der Waals surface area contributed by atoms with E-state index < -0.39 is 0 Å². The van der Waals surface area contributed by atoms with Gasteiger partial charge >= 0.3 is 0 Å². The van der Waals surface area contributed by atoms with E-state index >= 15 is 0 Å². The van der Waals surface area contributed by atoms with Crippen LogP contribution in [-0.4, -0.2) is 12.5 Å². The lowest BCUT2D eigenvalue weighted by Gasteiger charge is -2.10. The Bertz CT molecular complexity index is 553. The third-order valence-electron chi connectivity index (χ3n) is 2.40. The van der Waals surface area contributed by atoms with Crippen LogP contribution in [0.25, 0.3) is 0 Å². The summed E-state index contributed by atoms with van der Waals surface area (Å²) >= 11 is 3.33. The third-order valence-corrected chi connectivity index (χ3v) is 3.03. The van der Waals surface area contributed by atoms with Crippen molar-refractivity contribution in [2.45, 2.75) is 0 Å². The van der Waals surface area contributed by atoms with Crippen LogP contribution in [0, 0.1) is 0 Å². The van der Waals surface area contributed by atoms with Crippen LogP contribution in [0.3, 0.4) is 0 Å². The van der Waals surface area contributed by atoms with Crippen LogP contribution < -0.4 is 15.8 Å². The van der Waals surface area contributed by atoms with E-state index in [4.69, 9.17) is 10.5 Å². The molecule has 0 bridgehead atoms. The van der Waals surface area contributed by atoms with Crippen LogP contribution in [0.5, 0.6) is 5.75 Å². The van der Waals surface area contributed by atoms with E-state index in [1.807, 2.05) is 30.3 Å². The van der Waals surface area contributed by atoms with Crippen molar-refractivity contribution in [1.29, 1.82) is 0 Å². The Morgan fingerprint density at radius 2 is 1.89 bits per heavy atom. The molecule has 0 aliphatic carbocycles. The summed E-state index contributed by atoms with van der Waals surface area (Å²) in [6.45, 7) is -0.0955. The molecule has 0 heterocycles. The van der Waals surface area contributed by atoms with Gasteiger partial charge in [0.1, 0.15) is 0 Å². The van der Waals surface area contributed by atoms with Gasteiger partial charge in [-0.2, -0.15) is 0 Å². The van der Waals surface area contributed by atoms with Gasteiger partial charge in [0.05, 0.1) is 10.2 Å². The van der Waals surface area contributed by atoms with Crippen LogP contribution in [-0.2, 0) is 4.79 Å². The van der Waals surface area contributed by atoms with E-state index in [1.165, 1.54) is 0 Å². The average Bonchev–Trinajstić information content (AvgIpc) is 2.39. The molecule has 0 atom stereocenters. The first-order chi connectivity index (χ1) is 9.16. The molecule has 4 nitrogen and oxygen atoms in total. The molecule has 0 aliphatic rings. The highest BCUT2D eigenvalue weighted by molar-refractivity contribution is 9.10. The first kappa shape index (κ1) is 13.4. The number of carbonyl (C=O) groups is 1. The number of carbonyl (C=O) groups excluding carboxylic acids is 1. The van der Waals surface area contributed by atoms with Crippen LogP contribution in [0.4, 0.5) is 11.4 Å². The molecule has 0 fully saturated rings. The summed E-state index contributed by atoms with van der Waals surface area (Å²) < 4.78 is 6.14.